The van der Waals surface area contributed by atoms with Crippen LogP contribution < -0.4 is 34.2 Å². The van der Waals surface area contributed by atoms with E-state index in [4.69, 9.17) is 18.9 Å². The first-order chi connectivity index (χ1) is 30.0. The Kier molecular flexibility index (Phi) is 10.4. The largest absolute Gasteiger partial charge is 0.610 e. The number of carbonyl (C=O) groups is 5. The predicted octanol–water partition coefficient (Wildman–Crippen LogP) is 6.77. The zero-order chi connectivity index (χ0) is 44.5. The molecule has 0 radical (unpaired) electrons. The van der Waals surface area contributed by atoms with Gasteiger partial charge < -0.3 is 33.9 Å². The molecule has 7 aliphatic rings. The van der Waals surface area contributed by atoms with Gasteiger partial charge in [-0.3, -0.25) is 19.2 Å². The Morgan fingerprint density at radius 1 is 0.492 bits per heavy atom. The van der Waals surface area contributed by atoms with E-state index < -0.39 is 46.4 Å². The van der Waals surface area contributed by atoms with E-state index in [2.05, 4.69) is 9.80 Å². The van der Waals surface area contributed by atoms with Crippen LogP contribution in [0.15, 0.2) is 60.6 Å². The van der Waals surface area contributed by atoms with Crippen molar-refractivity contribution in [1.82, 2.24) is 0 Å². The van der Waals surface area contributed by atoms with Crippen LogP contribution in [-0.2, 0) is 25.1 Å². The van der Waals surface area contributed by atoms with Gasteiger partial charge in [0.2, 0.25) is 0 Å². The monoisotopic (exact) mass is 855 g/mol. The normalized spacial score (nSPS) is 19.4. The molecule has 2 saturated heterocycles. The van der Waals surface area contributed by atoms with E-state index in [-0.39, 0.29) is 82.3 Å². The summed E-state index contributed by atoms with van der Waals surface area (Å²) >= 11 is 0. The summed E-state index contributed by atoms with van der Waals surface area (Å²) in [6.07, 6.45) is 4.11. The van der Waals surface area contributed by atoms with Crippen LogP contribution >= 0.6 is 0 Å². The van der Waals surface area contributed by atoms with Crippen LogP contribution in [0.5, 0.6) is 11.5 Å². The molecular weight excluding hydrogens is 805 g/mol. The molecule has 0 saturated carbocycles. The third-order valence-electron chi connectivity index (χ3n) is 12.5. The molecular formula is C49H51N4O10-. The highest BCUT2D eigenvalue weighted by Crippen LogP contribution is 2.50. The maximum Gasteiger partial charge on any atom is 0.332 e. The van der Waals surface area contributed by atoms with Gasteiger partial charge >= 0.3 is 5.97 Å². The molecule has 4 aromatic rings. The zero-order valence-electron chi connectivity index (χ0n) is 36.6. The van der Waals surface area contributed by atoms with Crippen molar-refractivity contribution in [3.63, 3.8) is 0 Å². The lowest BCUT2D eigenvalue weighted by Crippen LogP contribution is -2.45. The lowest BCUT2D eigenvalue weighted by Gasteiger charge is -2.37. The Morgan fingerprint density at radius 2 is 0.889 bits per heavy atom. The maximum absolute atomic E-state index is 15.5. The van der Waals surface area contributed by atoms with Gasteiger partial charge in [0.25, 0.3) is 23.6 Å². The van der Waals surface area contributed by atoms with Crippen LogP contribution in [0.4, 0.5) is 22.7 Å². The summed E-state index contributed by atoms with van der Waals surface area (Å²) in [4.78, 5) is 80.8. The van der Waals surface area contributed by atoms with Crippen LogP contribution in [0.1, 0.15) is 120 Å². The first-order valence-corrected chi connectivity index (χ1v) is 21.7. The minimum atomic E-state index is -0.954. The van der Waals surface area contributed by atoms with Crippen molar-refractivity contribution in [2.75, 3.05) is 72.2 Å². The fourth-order valence-electron chi connectivity index (χ4n) is 9.21. The van der Waals surface area contributed by atoms with Crippen LogP contribution in [0.3, 0.4) is 0 Å². The minimum absolute atomic E-state index is 0.172. The van der Waals surface area contributed by atoms with E-state index >= 15 is 19.2 Å². The minimum Gasteiger partial charge on any atom is -0.610 e. The van der Waals surface area contributed by atoms with Crippen LogP contribution in [0.2, 0.25) is 0 Å². The summed E-state index contributed by atoms with van der Waals surface area (Å²) in [5, 5.41) is 13.2. The molecule has 7 aliphatic heterocycles. The fraction of sp³-hybridized carbons (Fsp3) is 0.408. The van der Waals surface area contributed by atoms with Crippen molar-refractivity contribution in [3.8, 4) is 11.5 Å². The van der Waals surface area contributed by atoms with E-state index in [0.717, 1.165) is 46.6 Å². The summed E-state index contributed by atoms with van der Waals surface area (Å²) < 4.78 is 22.9. The van der Waals surface area contributed by atoms with Crippen molar-refractivity contribution in [1.29, 1.82) is 0 Å². The summed E-state index contributed by atoms with van der Waals surface area (Å²) in [5.41, 5.74) is 3.08. The number of fused-ring (bicyclic) bond motifs is 2. The van der Waals surface area contributed by atoms with Gasteiger partial charge in [-0.15, -0.1) is 0 Å². The second-order valence-corrected chi connectivity index (χ2v) is 18.7. The van der Waals surface area contributed by atoms with Crippen molar-refractivity contribution < 1.29 is 48.0 Å². The molecule has 14 heteroatoms. The highest BCUT2D eigenvalue weighted by molar-refractivity contribution is 6.45. The molecule has 0 atom stereocenters. The van der Waals surface area contributed by atoms with Crippen molar-refractivity contribution in [2.45, 2.75) is 78.1 Å². The number of esters is 1. The third kappa shape index (κ3) is 7.28. The van der Waals surface area contributed by atoms with Crippen LogP contribution in [0, 0.1) is 0 Å². The van der Waals surface area contributed by atoms with Gasteiger partial charge in [0.1, 0.15) is 24.7 Å². The lowest BCUT2D eigenvalue weighted by atomic mass is 9.82. The standard InChI is InChI=1S/C49H52N4O10/c1-48(2,3)28-11-13-36-32(23-28)52-44(56)30-25-35(51-17-9-10-18-51)43-41-31(26-34(50-15-7-8-16-50)42(40(30)41)46(52)58)45(57)53(47(43)59)33-24-29(49(4,5)6)12-14-37(33)61-20-22-63-39(55)27-38(54)62-21-19-60-36/h11-14,23-27,54H,7-10,15-22H2,1-6H3/p-1/b38-27+. The number of benzene rings is 4. The summed E-state index contributed by atoms with van der Waals surface area (Å²) in [6, 6.07) is 14.1. The summed E-state index contributed by atoms with van der Waals surface area (Å²) in [6.45, 7) is 13.7. The highest BCUT2D eigenvalue weighted by atomic mass is 16.6. The Balaban J connectivity index is 1.33. The molecule has 0 aromatic heterocycles. The van der Waals surface area contributed by atoms with Gasteiger partial charge in [0, 0.05) is 49.6 Å². The van der Waals surface area contributed by atoms with Gasteiger partial charge in [-0.05, 0) is 84.0 Å². The molecule has 11 rings (SSSR count). The Bertz CT molecular complexity index is 2640. The Morgan fingerprint density at radius 3 is 1.30 bits per heavy atom. The second-order valence-electron chi connectivity index (χ2n) is 18.7. The number of anilines is 4. The molecule has 328 valence electrons. The van der Waals surface area contributed by atoms with Gasteiger partial charge in [-0.1, -0.05) is 53.7 Å². The quantitative estimate of drug-likeness (QED) is 0.154. The van der Waals surface area contributed by atoms with E-state index in [0.29, 0.717) is 43.6 Å². The van der Waals surface area contributed by atoms with Crippen molar-refractivity contribution in [3.05, 3.63) is 93.9 Å². The molecule has 0 N–H and O–H groups in total. The molecule has 2 fully saturated rings. The molecule has 7 heterocycles. The second kappa shape index (κ2) is 15.7. The molecule has 4 aromatic carbocycles. The molecule has 0 unspecified atom stereocenters. The zero-order valence-corrected chi connectivity index (χ0v) is 36.6. The van der Waals surface area contributed by atoms with Gasteiger partial charge in [-0.25, -0.2) is 14.6 Å². The van der Waals surface area contributed by atoms with Crippen LogP contribution in [0.25, 0.3) is 10.8 Å². The molecule has 14 nitrogen and oxygen atoms in total. The number of rotatable bonds is 2. The van der Waals surface area contributed by atoms with Crippen molar-refractivity contribution in [2.24, 2.45) is 0 Å². The molecule has 63 heavy (non-hydrogen) atoms. The van der Waals surface area contributed by atoms with Crippen molar-refractivity contribution >= 4 is 63.1 Å². The SMILES string of the molecule is CC(C)(C)c1ccc2c(c1)N1C(=O)c3cc(N4CCCC4)c4c5c(cc(N6CCCC6)c(c35)C1=O)C(=O)N(C4=O)c1cc(C(C)(C)C)ccc1OCCO/C([O-])=C/C(=O)OCCO2. The van der Waals surface area contributed by atoms with E-state index in [9.17, 15) is 9.90 Å². The summed E-state index contributed by atoms with van der Waals surface area (Å²) in [5.74, 6) is -4.03. The number of carbonyl (C=O) groups excluding carboxylic acids is 5. The van der Waals surface area contributed by atoms with Crippen LogP contribution in [-0.4, -0.2) is 82.2 Å². The predicted molar refractivity (Wildman–Crippen MR) is 235 cm³/mol. The van der Waals surface area contributed by atoms with E-state index in [1.165, 1.54) is 0 Å². The number of hydrogen-bond donors (Lipinski definition) is 0. The van der Waals surface area contributed by atoms with Gasteiger partial charge in [0.15, 0.2) is 0 Å². The summed E-state index contributed by atoms with van der Waals surface area (Å²) in [7, 11) is 0. The smallest absolute Gasteiger partial charge is 0.332 e. The average molecular weight is 856 g/mol. The molecule has 4 amide bonds. The first kappa shape index (κ1) is 41.8. The topological polar surface area (TPSA) is 158 Å². The third-order valence-corrected chi connectivity index (χ3v) is 12.5. The van der Waals surface area contributed by atoms with E-state index in [1.807, 2.05) is 53.7 Å². The average Bonchev–Trinajstić information content (AvgIpc) is 3.98. The van der Waals surface area contributed by atoms with Gasteiger partial charge in [0.05, 0.1) is 57.6 Å². The lowest BCUT2D eigenvalue weighted by molar-refractivity contribution is -0.357. The number of amides is 4. The number of ether oxygens (including phenoxy) is 4. The first-order valence-electron chi connectivity index (χ1n) is 21.7. The van der Waals surface area contributed by atoms with E-state index in [1.54, 1.807) is 36.4 Å². The Labute approximate surface area is 365 Å². The maximum atomic E-state index is 15.5. The number of hydrogen-bond acceptors (Lipinski definition) is 12. The molecule has 8 bridgehead atoms. The van der Waals surface area contributed by atoms with Gasteiger partial charge in [-0.2, -0.15) is 0 Å². The number of nitrogens with zero attached hydrogens (tertiary/aromatic N) is 4. The molecule has 0 spiro atoms. The highest BCUT2D eigenvalue weighted by Gasteiger charge is 2.46. The Hall–Kier alpha value is -6.57. The molecule has 0 aliphatic carbocycles. The number of imide groups is 2. The fourth-order valence-corrected chi connectivity index (χ4v) is 9.21.